The number of nitrogens with zero attached hydrogens (tertiary/aromatic N) is 2. The lowest BCUT2D eigenvalue weighted by Crippen LogP contribution is -2.22. The second kappa shape index (κ2) is 5.00. The van der Waals surface area contributed by atoms with Crippen LogP contribution in [0.1, 0.15) is 12.5 Å². The molecule has 0 amide bonds. The maximum atomic E-state index is 12.0. The van der Waals surface area contributed by atoms with Crippen molar-refractivity contribution in [2.24, 2.45) is 0 Å². The fourth-order valence-electron chi connectivity index (χ4n) is 1.05. The van der Waals surface area contributed by atoms with Crippen molar-refractivity contribution in [2.75, 3.05) is 23.7 Å². The Bertz CT molecular complexity index is 351. The van der Waals surface area contributed by atoms with E-state index in [0.717, 1.165) is 0 Å². The van der Waals surface area contributed by atoms with Crippen LogP contribution < -0.4 is 10.6 Å². The number of nitrogens with one attached hydrogen (secondary N) is 2. The standard InChI is InChI=1S/C9H13F3N4/c1-3-13-8-14-4-6(2)7(16-8)15-5-9(10,11)12/h4H,3,5H2,1-2H3,(H2,13,14,15,16). The van der Waals surface area contributed by atoms with E-state index in [9.17, 15) is 13.2 Å². The molecule has 0 atom stereocenters. The largest absolute Gasteiger partial charge is 0.405 e. The minimum absolute atomic E-state index is 0.197. The van der Waals surface area contributed by atoms with Crippen LogP contribution in [0.5, 0.6) is 0 Å². The minimum Gasteiger partial charge on any atom is -0.361 e. The molecule has 0 saturated carbocycles. The fourth-order valence-corrected chi connectivity index (χ4v) is 1.05. The predicted molar refractivity (Wildman–Crippen MR) is 55.5 cm³/mol. The molecule has 0 aliphatic heterocycles. The highest BCUT2D eigenvalue weighted by Gasteiger charge is 2.27. The van der Waals surface area contributed by atoms with Gasteiger partial charge in [-0.1, -0.05) is 0 Å². The maximum Gasteiger partial charge on any atom is 0.405 e. The molecule has 0 aliphatic carbocycles. The third-order valence-electron chi connectivity index (χ3n) is 1.76. The highest BCUT2D eigenvalue weighted by atomic mass is 19.4. The zero-order chi connectivity index (χ0) is 12.2. The quantitative estimate of drug-likeness (QED) is 0.838. The lowest BCUT2D eigenvalue weighted by molar-refractivity contribution is -0.115. The molecule has 1 rings (SSSR count). The van der Waals surface area contributed by atoms with Crippen LogP contribution in [0.2, 0.25) is 0 Å². The summed E-state index contributed by atoms with van der Waals surface area (Å²) in [6.07, 6.45) is -2.78. The van der Waals surface area contributed by atoms with Crippen molar-refractivity contribution in [3.8, 4) is 0 Å². The highest BCUT2D eigenvalue weighted by molar-refractivity contribution is 5.46. The summed E-state index contributed by atoms with van der Waals surface area (Å²) in [6, 6.07) is 0. The third-order valence-corrected chi connectivity index (χ3v) is 1.76. The molecule has 0 fully saturated rings. The monoisotopic (exact) mass is 234 g/mol. The van der Waals surface area contributed by atoms with Crippen LogP contribution in [0.4, 0.5) is 24.9 Å². The van der Waals surface area contributed by atoms with Gasteiger partial charge in [-0.3, -0.25) is 0 Å². The number of anilines is 2. The Hall–Kier alpha value is -1.53. The van der Waals surface area contributed by atoms with Crippen LogP contribution in [0, 0.1) is 6.92 Å². The van der Waals surface area contributed by atoms with Gasteiger partial charge in [0.2, 0.25) is 5.95 Å². The van der Waals surface area contributed by atoms with Crippen molar-refractivity contribution in [2.45, 2.75) is 20.0 Å². The van der Waals surface area contributed by atoms with Gasteiger partial charge < -0.3 is 10.6 Å². The maximum absolute atomic E-state index is 12.0. The first kappa shape index (κ1) is 12.5. The van der Waals surface area contributed by atoms with E-state index in [0.29, 0.717) is 18.1 Å². The molecule has 0 saturated heterocycles. The van der Waals surface area contributed by atoms with Gasteiger partial charge in [0.25, 0.3) is 0 Å². The molecule has 7 heteroatoms. The molecule has 1 heterocycles. The highest BCUT2D eigenvalue weighted by Crippen LogP contribution is 2.18. The van der Waals surface area contributed by atoms with E-state index in [2.05, 4.69) is 20.6 Å². The number of hydrogen-bond acceptors (Lipinski definition) is 4. The Morgan fingerprint density at radius 2 is 2.00 bits per heavy atom. The molecule has 1 aromatic rings. The molecule has 16 heavy (non-hydrogen) atoms. The first-order chi connectivity index (χ1) is 7.42. The Kier molecular flexibility index (Phi) is 3.92. The SMILES string of the molecule is CCNc1ncc(C)c(NCC(F)(F)F)n1. The number of alkyl halides is 3. The molecule has 0 radical (unpaired) electrons. The van der Waals surface area contributed by atoms with E-state index in [4.69, 9.17) is 0 Å². The fraction of sp³-hybridized carbons (Fsp3) is 0.556. The van der Waals surface area contributed by atoms with Gasteiger partial charge in [-0.2, -0.15) is 18.2 Å². The Labute approximate surface area is 91.3 Å². The number of halogens is 3. The topological polar surface area (TPSA) is 49.8 Å². The van der Waals surface area contributed by atoms with Gasteiger partial charge in [0.15, 0.2) is 0 Å². The first-order valence-corrected chi connectivity index (χ1v) is 4.80. The normalized spacial score (nSPS) is 11.3. The third kappa shape index (κ3) is 3.92. The van der Waals surface area contributed by atoms with Gasteiger partial charge in [0.1, 0.15) is 12.4 Å². The van der Waals surface area contributed by atoms with E-state index < -0.39 is 12.7 Å². The van der Waals surface area contributed by atoms with Crippen LogP contribution in [-0.4, -0.2) is 29.2 Å². The second-order valence-corrected chi connectivity index (χ2v) is 3.22. The number of aryl methyl sites for hydroxylation is 1. The van der Waals surface area contributed by atoms with Crippen LogP contribution in [0.25, 0.3) is 0 Å². The summed E-state index contributed by atoms with van der Waals surface area (Å²) in [5.41, 5.74) is 0.575. The van der Waals surface area contributed by atoms with Crippen molar-refractivity contribution in [3.05, 3.63) is 11.8 Å². The van der Waals surface area contributed by atoms with Crippen molar-refractivity contribution in [3.63, 3.8) is 0 Å². The van der Waals surface area contributed by atoms with Crippen molar-refractivity contribution in [1.29, 1.82) is 0 Å². The van der Waals surface area contributed by atoms with Gasteiger partial charge in [0.05, 0.1) is 0 Å². The van der Waals surface area contributed by atoms with Crippen molar-refractivity contribution in [1.82, 2.24) is 9.97 Å². The first-order valence-electron chi connectivity index (χ1n) is 4.80. The van der Waals surface area contributed by atoms with Gasteiger partial charge in [-0.05, 0) is 13.8 Å². The predicted octanol–water partition coefficient (Wildman–Crippen LogP) is 2.19. The van der Waals surface area contributed by atoms with Gasteiger partial charge >= 0.3 is 6.18 Å². The zero-order valence-electron chi connectivity index (χ0n) is 9.02. The lowest BCUT2D eigenvalue weighted by Gasteiger charge is -2.11. The average molecular weight is 234 g/mol. The Morgan fingerprint density at radius 3 is 2.56 bits per heavy atom. The summed E-state index contributed by atoms with van der Waals surface area (Å²) in [5, 5.41) is 5.06. The van der Waals surface area contributed by atoms with Crippen LogP contribution in [0.15, 0.2) is 6.20 Å². The molecular formula is C9H13F3N4. The van der Waals surface area contributed by atoms with Gasteiger partial charge in [0, 0.05) is 18.3 Å². The molecule has 90 valence electrons. The van der Waals surface area contributed by atoms with Gasteiger partial charge in [-0.25, -0.2) is 4.98 Å². The van der Waals surface area contributed by atoms with E-state index >= 15 is 0 Å². The molecule has 0 unspecified atom stereocenters. The van der Waals surface area contributed by atoms with E-state index in [1.807, 2.05) is 6.92 Å². The molecule has 4 nitrogen and oxygen atoms in total. The molecule has 1 aromatic heterocycles. The van der Waals surface area contributed by atoms with E-state index in [1.165, 1.54) is 6.20 Å². The summed E-state index contributed by atoms with van der Waals surface area (Å²) in [5.74, 6) is 0.515. The molecular weight excluding hydrogens is 221 g/mol. The molecule has 0 spiro atoms. The Balaban J connectivity index is 2.74. The Morgan fingerprint density at radius 1 is 1.31 bits per heavy atom. The zero-order valence-corrected chi connectivity index (χ0v) is 9.02. The summed E-state index contributed by atoms with van der Waals surface area (Å²) in [4.78, 5) is 7.86. The molecule has 0 bridgehead atoms. The second-order valence-electron chi connectivity index (χ2n) is 3.22. The smallest absolute Gasteiger partial charge is 0.361 e. The molecule has 0 aliphatic rings. The van der Waals surface area contributed by atoms with Gasteiger partial charge in [-0.15, -0.1) is 0 Å². The molecule has 0 aromatic carbocycles. The summed E-state index contributed by atoms with van der Waals surface area (Å²) in [7, 11) is 0. The van der Waals surface area contributed by atoms with E-state index in [1.54, 1.807) is 6.92 Å². The number of aromatic nitrogens is 2. The average Bonchev–Trinajstić information content (AvgIpc) is 2.18. The minimum atomic E-state index is -4.25. The lowest BCUT2D eigenvalue weighted by atomic mass is 10.3. The summed E-state index contributed by atoms with van der Waals surface area (Å²) in [6.45, 7) is 3.01. The van der Waals surface area contributed by atoms with Crippen LogP contribution in [-0.2, 0) is 0 Å². The number of hydrogen-bond donors (Lipinski definition) is 2. The van der Waals surface area contributed by atoms with Crippen LogP contribution in [0.3, 0.4) is 0 Å². The summed E-state index contributed by atoms with van der Waals surface area (Å²) >= 11 is 0. The molecule has 2 N–H and O–H groups in total. The van der Waals surface area contributed by atoms with Crippen molar-refractivity contribution < 1.29 is 13.2 Å². The number of rotatable bonds is 4. The van der Waals surface area contributed by atoms with Crippen LogP contribution >= 0.6 is 0 Å². The van der Waals surface area contributed by atoms with E-state index in [-0.39, 0.29) is 5.82 Å². The summed E-state index contributed by atoms with van der Waals surface area (Å²) < 4.78 is 36.0. The van der Waals surface area contributed by atoms with Crippen molar-refractivity contribution >= 4 is 11.8 Å².